The van der Waals surface area contributed by atoms with E-state index >= 15 is 0 Å². The Hall–Kier alpha value is -2.87. The second-order valence-electron chi connectivity index (χ2n) is 7.06. The lowest BCUT2D eigenvalue weighted by atomic mass is 9.86. The SMILES string of the molecule is CCC(=NO)c1ccccc1NS(=O)(=O)c1ccc(CC(C)(C)C(=O)O)cc1. The summed E-state index contributed by atoms with van der Waals surface area (Å²) in [5.41, 5.74) is 0.957. The first-order valence-corrected chi connectivity index (χ1v) is 10.2. The van der Waals surface area contributed by atoms with E-state index in [1.54, 1.807) is 57.2 Å². The molecular formula is C20H24N2O5S. The minimum Gasteiger partial charge on any atom is -0.481 e. The first-order valence-electron chi connectivity index (χ1n) is 8.76. The lowest BCUT2D eigenvalue weighted by Crippen LogP contribution is -2.26. The van der Waals surface area contributed by atoms with Crippen LogP contribution in [0.4, 0.5) is 5.69 Å². The van der Waals surface area contributed by atoms with Crippen LogP contribution in [0, 0.1) is 5.41 Å². The maximum Gasteiger partial charge on any atom is 0.309 e. The fraction of sp³-hybridized carbons (Fsp3) is 0.300. The van der Waals surface area contributed by atoms with Crippen LogP contribution in [0.15, 0.2) is 58.6 Å². The highest BCUT2D eigenvalue weighted by atomic mass is 32.2. The van der Waals surface area contributed by atoms with Crippen molar-refractivity contribution in [3.63, 3.8) is 0 Å². The van der Waals surface area contributed by atoms with Gasteiger partial charge in [-0.05, 0) is 50.5 Å². The number of hydrogen-bond acceptors (Lipinski definition) is 5. The van der Waals surface area contributed by atoms with E-state index in [9.17, 15) is 18.3 Å². The molecule has 2 rings (SSSR count). The molecule has 0 saturated heterocycles. The molecule has 150 valence electrons. The van der Waals surface area contributed by atoms with Crippen LogP contribution in [-0.2, 0) is 21.2 Å². The molecule has 0 atom stereocenters. The van der Waals surface area contributed by atoms with Crippen molar-refractivity contribution in [3.05, 3.63) is 59.7 Å². The molecule has 0 radical (unpaired) electrons. The first kappa shape index (κ1) is 21.4. The van der Waals surface area contributed by atoms with E-state index in [-0.39, 0.29) is 11.3 Å². The van der Waals surface area contributed by atoms with Crippen LogP contribution >= 0.6 is 0 Å². The third kappa shape index (κ3) is 4.89. The van der Waals surface area contributed by atoms with Crippen molar-refractivity contribution >= 4 is 27.4 Å². The van der Waals surface area contributed by atoms with Crippen molar-refractivity contribution in [1.82, 2.24) is 0 Å². The molecule has 8 heteroatoms. The van der Waals surface area contributed by atoms with Crippen LogP contribution in [0.25, 0.3) is 0 Å². The van der Waals surface area contributed by atoms with Gasteiger partial charge in [0, 0.05) is 5.56 Å². The van der Waals surface area contributed by atoms with Gasteiger partial charge >= 0.3 is 5.97 Å². The Kier molecular flexibility index (Phi) is 6.45. The maximum absolute atomic E-state index is 12.8. The summed E-state index contributed by atoms with van der Waals surface area (Å²) in [5, 5.41) is 21.6. The summed E-state index contributed by atoms with van der Waals surface area (Å²) in [7, 11) is -3.87. The first-order chi connectivity index (χ1) is 13.1. The van der Waals surface area contributed by atoms with Crippen LogP contribution in [0.5, 0.6) is 0 Å². The molecule has 0 unspecified atom stereocenters. The van der Waals surface area contributed by atoms with Gasteiger partial charge in [-0.3, -0.25) is 9.52 Å². The van der Waals surface area contributed by atoms with Crippen LogP contribution in [0.3, 0.4) is 0 Å². The molecular weight excluding hydrogens is 380 g/mol. The lowest BCUT2D eigenvalue weighted by Gasteiger charge is -2.19. The maximum atomic E-state index is 12.8. The molecule has 28 heavy (non-hydrogen) atoms. The molecule has 2 aromatic carbocycles. The van der Waals surface area contributed by atoms with Crippen molar-refractivity contribution in [1.29, 1.82) is 0 Å². The van der Waals surface area contributed by atoms with Crippen LogP contribution in [-0.4, -0.2) is 30.4 Å². The van der Waals surface area contributed by atoms with E-state index in [1.807, 2.05) is 0 Å². The van der Waals surface area contributed by atoms with E-state index < -0.39 is 21.4 Å². The average Bonchev–Trinajstić information content (AvgIpc) is 2.64. The largest absolute Gasteiger partial charge is 0.481 e. The molecule has 2 aromatic rings. The molecule has 0 aliphatic heterocycles. The zero-order valence-corrected chi connectivity index (χ0v) is 16.8. The number of hydrogen-bond donors (Lipinski definition) is 3. The number of aliphatic carboxylic acids is 1. The van der Waals surface area contributed by atoms with Gasteiger partial charge in [-0.2, -0.15) is 0 Å². The number of carboxylic acid groups (broad SMARTS) is 1. The minimum absolute atomic E-state index is 0.0539. The third-order valence-electron chi connectivity index (χ3n) is 4.40. The quantitative estimate of drug-likeness (QED) is 0.352. The molecule has 0 saturated carbocycles. The summed E-state index contributed by atoms with van der Waals surface area (Å²) in [6.45, 7) is 5.04. The van der Waals surface area contributed by atoms with E-state index in [0.717, 1.165) is 5.56 Å². The second kappa shape index (κ2) is 8.43. The van der Waals surface area contributed by atoms with Crippen molar-refractivity contribution in [3.8, 4) is 0 Å². The van der Waals surface area contributed by atoms with Gasteiger partial charge in [0.2, 0.25) is 0 Å². The predicted molar refractivity (Wildman–Crippen MR) is 107 cm³/mol. The number of anilines is 1. The van der Waals surface area contributed by atoms with E-state index in [0.29, 0.717) is 23.4 Å². The number of para-hydroxylation sites is 1. The van der Waals surface area contributed by atoms with Crippen molar-refractivity contribution in [2.75, 3.05) is 4.72 Å². The van der Waals surface area contributed by atoms with Gasteiger partial charge in [-0.1, -0.05) is 42.4 Å². The number of rotatable bonds is 8. The zero-order valence-electron chi connectivity index (χ0n) is 16.0. The molecule has 0 spiro atoms. The average molecular weight is 404 g/mol. The standard InChI is InChI=1S/C20H24N2O5S/c1-4-17(21-25)16-7-5-6-8-18(16)22-28(26,27)15-11-9-14(10-12-15)13-20(2,3)19(23)24/h5-12,22,25H,4,13H2,1-3H3,(H,23,24). The topological polar surface area (TPSA) is 116 Å². The zero-order chi connectivity index (χ0) is 20.9. The van der Waals surface area contributed by atoms with Crippen molar-refractivity contribution < 1.29 is 23.5 Å². The smallest absolute Gasteiger partial charge is 0.309 e. The fourth-order valence-corrected chi connectivity index (χ4v) is 3.79. The highest BCUT2D eigenvalue weighted by molar-refractivity contribution is 7.92. The molecule has 0 aromatic heterocycles. The molecule has 0 aliphatic carbocycles. The summed E-state index contributed by atoms with van der Waals surface area (Å²) in [5.74, 6) is -0.917. The van der Waals surface area contributed by atoms with Gasteiger partial charge in [0.1, 0.15) is 0 Å². The molecule has 0 amide bonds. The predicted octanol–water partition coefficient (Wildman–Crippen LogP) is 3.73. The monoisotopic (exact) mass is 404 g/mol. The summed E-state index contributed by atoms with van der Waals surface area (Å²) in [6.07, 6.45) is 0.717. The molecule has 7 nitrogen and oxygen atoms in total. The molecule has 0 fully saturated rings. The number of carbonyl (C=O) groups is 1. The third-order valence-corrected chi connectivity index (χ3v) is 5.78. The minimum atomic E-state index is -3.87. The lowest BCUT2D eigenvalue weighted by molar-refractivity contribution is -0.146. The van der Waals surface area contributed by atoms with E-state index in [2.05, 4.69) is 9.88 Å². The molecule has 0 bridgehead atoms. The van der Waals surface area contributed by atoms with Crippen molar-refractivity contribution in [2.45, 2.75) is 38.5 Å². The van der Waals surface area contributed by atoms with Gasteiger partial charge in [0.25, 0.3) is 10.0 Å². The van der Waals surface area contributed by atoms with E-state index in [4.69, 9.17) is 5.21 Å². The second-order valence-corrected chi connectivity index (χ2v) is 8.74. The molecule has 3 N–H and O–H groups in total. The van der Waals surface area contributed by atoms with Gasteiger partial charge in [0.05, 0.1) is 21.7 Å². The van der Waals surface area contributed by atoms with Gasteiger partial charge in [0.15, 0.2) is 0 Å². The Morgan fingerprint density at radius 3 is 2.25 bits per heavy atom. The molecule has 0 heterocycles. The Balaban J connectivity index is 2.29. The van der Waals surface area contributed by atoms with Crippen LogP contribution < -0.4 is 4.72 Å². The van der Waals surface area contributed by atoms with Gasteiger partial charge < -0.3 is 10.3 Å². The summed E-state index contributed by atoms with van der Waals surface area (Å²) in [4.78, 5) is 11.3. The van der Waals surface area contributed by atoms with Crippen LogP contribution in [0.2, 0.25) is 0 Å². The number of carboxylic acids is 1. The highest BCUT2D eigenvalue weighted by Crippen LogP contribution is 2.25. The van der Waals surface area contributed by atoms with Gasteiger partial charge in [-0.15, -0.1) is 0 Å². The number of nitrogens with zero attached hydrogens (tertiary/aromatic N) is 1. The fourth-order valence-electron chi connectivity index (χ4n) is 2.71. The normalized spacial score (nSPS) is 12.6. The number of nitrogens with one attached hydrogen (secondary N) is 1. The Labute approximate surface area is 164 Å². The number of sulfonamides is 1. The van der Waals surface area contributed by atoms with Gasteiger partial charge in [-0.25, -0.2) is 8.42 Å². The van der Waals surface area contributed by atoms with Crippen molar-refractivity contribution in [2.24, 2.45) is 10.6 Å². The Morgan fingerprint density at radius 2 is 1.71 bits per heavy atom. The number of oxime groups is 1. The van der Waals surface area contributed by atoms with Crippen LogP contribution in [0.1, 0.15) is 38.3 Å². The summed E-state index contributed by atoms with van der Waals surface area (Å²) < 4.78 is 28.0. The summed E-state index contributed by atoms with van der Waals surface area (Å²) in [6, 6.07) is 12.8. The Morgan fingerprint density at radius 1 is 1.11 bits per heavy atom. The van der Waals surface area contributed by atoms with E-state index in [1.165, 1.54) is 12.1 Å². The molecule has 0 aliphatic rings. The highest BCUT2D eigenvalue weighted by Gasteiger charge is 2.27. The number of benzene rings is 2. The summed E-state index contributed by atoms with van der Waals surface area (Å²) >= 11 is 0. The Bertz CT molecular complexity index is 980.